The van der Waals surface area contributed by atoms with Crippen molar-refractivity contribution in [3.8, 4) is 0 Å². The highest BCUT2D eigenvalue weighted by Crippen LogP contribution is 2.42. The predicted molar refractivity (Wildman–Crippen MR) is 55.3 cm³/mol. The van der Waals surface area contributed by atoms with E-state index in [1.54, 1.807) is 16.7 Å². The van der Waals surface area contributed by atoms with Crippen LogP contribution in [-0.2, 0) is 0 Å². The fourth-order valence-electron chi connectivity index (χ4n) is 2.72. The molecular formula is C13H14. The van der Waals surface area contributed by atoms with Crippen molar-refractivity contribution in [2.45, 2.75) is 25.7 Å². The van der Waals surface area contributed by atoms with Gasteiger partial charge in [0.15, 0.2) is 0 Å². The summed E-state index contributed by atoms with van der Waals surface area (Å²) in [4.78, 5) is 0. The number of hydrogen-bond acceptors (Lipinski definition) is 0. The molecule has 0 aromatic heterocycles. The maximum absolute atomic E-state index is 2.35. The molecule has 0 radical (unpaired) electrons. The Hall–Kier alpha value is -1.04. The van der Waals surface area contributed by atoms with Gasteiger partial charge in [0.25, 0.3) is 0 Å². The highest BCUT2D eigenvalue weighted by Gasteiger charge is 2.25. The van der Waals surface area contributed by atoms with Gasteiger partial charge < -0.3 is 0 Å². The molecule has 0 aromatic carbocycles. The fraction of sp³-hybridized carbons (Fsp3) is 0.385. The molecule has 0 bridgehead atoms. The summed E-state index contributed by atoms with van der Waals surface area (Å²) >= 11 is 0. The predicted octanol–water partition coefficient (Wildman–Crippen LogP) is 3.54. The molecule has 1 unspecified atom stereocenters. The Labute approximate surface area is 79.3 Å². The highest BCUT2D eigenvalue weighted by atomic mass is 14.3. The third kappa shape index (κ3) is 1.05. The van der Waals surface area contributed by atoms with E-state index in [0.29, 0.717) is 0 Å². The van der Waals surface area contributed by atoms with Crippen LogP contribution in [-0.4, -0.2) is 0 Å². The monoisotopic (exact) mass is 170 g/mol. The van der Waals surface area contributed by atoms with Gasteiger partial charge in [-0.2, -0.15) is 0 Å². The van der Waals surface area contributed by atoms with Crippen LogP contribution in [0.15, 0.2) is 47.1 Å². The Morgan fingerprint density at radius 1 is 1.23 bits per heavy atom. The van der Waals surface area contributed by atoms with Crippen molar-refractivity contribution < 1.29 is 0 Å². The topological polar surface area (TPSA) is 0 Å². The number of rotatable bonds is 0. The highest BCUT2D eigenvalue weighted by molar-refractivity contribution is 5.54. The third-order valence-electron chi connectivity index (χ3n) is 3.43. The zero-order valence-corrected chi connectivity index (χ0v) is 7.79. The fourth-order valence-corrected chi connectivity index (χ4v) is 2.72. The maximum Gasteiger partial charge on any atom is -0.0127 e. The zero-order chi connectivity index (χ0) is 8.67. The van der Waals surface area contributed by atoms with E-state index in [-0.39, 0.29) is 0 Å². The molecule has 66 valence electrons. The van der Waals surface area contributed by atoms with E-state index in [1.807, 2.05) is 0 Å². The van der Waals surface area contributed by atoms with E-state index in [0.717, 1.165) is 5.92 Å². The lowest BCUT2D eigenvalue weighted by Gasteiger charge is -2.29. The summed E-state index contributed by atoms with van der Waals surface area (Å²) < 4.78 is 0. The van der Waals surface area contributed by atoms with Gasteiger partial charge in [0.05, 0.1) is 0 Å². The van der Waals surface area contributed by atoms with E-state index < -0.39 is 0 Å². The molecule has 3 aliphatic rings. The quantitative estimate of drug-likeness (QED) is 0.488. The van der Waals surface area contributed by atoms with Crippen molar-refractivity contribution in [3.63, 3.8) is 0 Å². The Bertz CT molecular complexity index is 350. The van der Waals surface area contributed by atoms with Crippen molar-refractivity contribution in [1.82, 2.24) is 0 Å². The van der Waals surface area contributed by atoms with Gasteiger partial charge in [-0.05, 0) is 42.7 Å². The van der Waals surface area contributed by atoms with Crippen molar-refractivity contribution in [2.75, 3.05) is 0 Å². The molecule has 0 saturated heterocycles. The molecule has 0 aliphatic heterocycles. The summed E-state index contributed by atoms with van der Waals surface area (Å²) in [5.74, 6) is 0.861. The molecule has 0 fully saturated rings. The molecule has 0 nitrogen and oxygen atoms in total. The lowest BCUT2D eigenvalue weighted by molar-refractivity contribution is 0.525. The SMILES string of the molecule is C1=CC2=C3CC=CCC3CCC2=C1. The number of allylic oxidation sites excluding steroid dienone is 8. The Morgan fingerprint density at radius 3 is 3.23 bits per heavy atom. The minimum Gasteiger partial charge on any atom is -0.0876 e. The molecule has 0 saturated carbocycles. The molecule has 0 N–H and O–H groups in total. The molecule has 1 atom stereocenters. The van der Waals surface area contributed by atoms with Gasteiger partial charge in [-0.15, -0.1) is 0 Å². The van der Waals surface area contributed by atoms with E-state index in [4.69, 9.17) is 0 Å². The summed E-state index contributed by atoms with van der Waals surface area (Å²) in [7, 11) is 0. The lowest BCUT2D eigenvalue weighted by Crippen LogP contribution is -2.14. The standard InChI is InChI=1S/C13H14/c1-2-6-12-10(4-1)8-9-11-5-3-7-13(11)12/h1-3,5,7,10H,4,6,8-9H2. The molecule has 0 aromatic rings. The largest absolute Gasteiger partial charge is 0.0876 e. The Morgan fingerprint density at radius 2 is 2.23 bits per heavy atom. The first-order valence-corrected chi connectivity index (χ1v) is 5.21. The average Bonchev–Trinajstić information content (AvgIpc) is 2.65. The smallest absolute Gasteiger partial charge is 0.0127 e. The maximum atomic E-state index is 2.35. The second-order valence-corrected chi connectivity index (χ2v) is 4.14. The van der Waals surface area contributed by atoms with E-state index in [9.17, 15) is 0 Å². The van der Waals surface area contributed by atoms with Crippen molar-refractivity contribution in [3.05, 3.63) is 47.1 Å². The van der Waals surface area contributed by atoms with Gasteiger partial charge in [0, 0.05) is 0 Å². The second kappa shape index (κ2) is 2.73. The molecule has 3 rings (SSSR count). The van der Waals surface area contributed by atoms with Crippen LogP contribution < -0.4 is 0 Å². The zero-order valence-electron chi connectivity index (χ0n) is 7.79. The lowest BCUT2D eigenvalue weighted by atomic mass is 9.76. The van der Waals surface area contributed by atoms with Crippen molar-refractivity contribution in [1.29, 1.82) is 0 Å². The first-order valence-electron chi connectivity index (χ1n) is 5.21. The van der Waals surface area contributed by atoms with Crippen LogP contribution in [0.5, 0.6) is 0 Å². The summed E-state index contributed by atoms with van der Waals surface area (Å²) in [6.07, 6.45) is 16.6. The minimum absolute atomic E-state index is 0.861. The molecule has 0 spiro atoms. The molecule has 13 heavy (non-hydrogen) atoms. The molecule has 0 heterocycles. The van der Waals surface area contributed by atoms with Crippen LogP contribution in [0.4, 0.5) is 0 Å². The van der Waals surface area contributed by atoms with Gasteiger partial charge in [-0.1, -0.05) is 36.0 Å². The first kappa shape index (κ1) is 7.37. The molecular weight excluding hydrogens is 156 g/mol. The summed E-state index contributed by atoms with van der Waals surface area (Å²) in [5, 5.41) is 0. The van der Waals surface area contributed by atoms with Crippen LogP contribution in [0.2, 0.25) is 0 Å². The van der Waals surface area contributed by atoms with Crippen LogP contribution in [0.1, 0.15) is 25.7 Å². The average molecular weight is 170 g/mol. The summed E-state index contributed by atoms with van der Waals surface area (Å²) in [6, 6.07) is 0. The van der Waals surface area contributed by atoms with Gasteiger partial charge >= 0.3 is 0 Å². The van der Waals surface area contributed by atoms with Gasteiger partial charge in [-0.3, -0.25) is 0 Å². The van der Waals surface area contributed by atoms with Crippen molar-refractivity contribution in [2.24, 2.45) is 5.92 Å². The molecule has 0 amide bonds. The second-order valence-electron chi connectivity index (χ2n) is 4.14. The van der Waals surface area contributed by atoms with Crippen LogP contribution in [0.25, 0.3) is 0 Å². The number of hydrogen-bond donors (Lipinski definition) is 0. The normalized spacial score (nSPS) is 30.2. The van der Waals surface area contributed by atoms with E-state index in [2.05, 4.69) is 30.4 Å². The Balaban J connectivity index is 2.10. The summed E-state index contributed by atoms with van der Waals surface area (Å²) in [5.41, 5.74) is 4.86. The third-order valence-corrected chi connectivity index (χ3v) is 3.43. The van der Waals surface area contributed by atoms with Crippen LogP contribution >= 0.6 is 0 Å². The number of fused-ring (bicyclic) bond motifs is 2. The van der Waals surface area contributed by atoms with Crippen LogP contribution in [0.3, 0.4) is 0 Å². The van der Waals surface area contributed by atoms with E-state index >= 15 is 0 Å². The molecule has 0 heteroatoms. The first-order chi connectivity index (χ1) is 6.45. The Kier molecular flexibility index (Phi) is 1.55. The van der Waals surface area contributed by atoms with Gasteiger partial charge in [-0.25, -0.2) is 0 Å². The van der Waals surface area contributed by atoms with Crippen LogP contribution in [0, 0.1) is 5.92 Å². The van der Waals surface area contributed by atoms with Crippen molar-refractivity contribution >= 4 is 0 Å². The van der Waals surface area contributed by atoms with Gasteiger partial charge in [0.1, 0.15) is 0 Å². The van der Waals surface area contributed by atoms with Gasteiger partial charge in [0.2, 0.25) is 0 Å². The minimum atomic E-state index is 0.861. The summed E-state index contributed by atoms with van der Waals surface area (Å²) in [6.45, 7) is 0. The molecule has 3 aliphatic carbocycles. The van der Waals surface area contributed by atoms with E-state index in [1.165, 1.54) is 25.7 Å².